The van der Waals surface area contributed by atoms with E-state index >= 15 is 0 Å². The van der Waals surface area contributed by atoms with Crippen molar-refractivity contribution in [3.8, 4) is 11.4 Å². The molecule has 2 aromatic carbocycles. The number of rotatable bonds is 7. The predicted octanol–water partition coefficient (Wildman–Crippen LogP) is 2.54. The molecule has 0 radical (unpaired) electrons. The number of nitrogens with zero attached hydrogens (tertiary/aromatic N) is 4. The molecular weight excluding hydrogens is 342 g/mol. The summed E-state index contributed by atoms with van der Waals surface area (Å²) >= 11 is 0. The van der Waals surface area contributed by atoms with Crippen molar-refractivity contribution in [3.63, 3.8) is 0 Å². The van der Waals surface area contributed by atoms with E-state index in [0.717, 1.165) is 22.6 Å². The second kappa shape index (κ2) is 8.44. The van der Waals surface area contributed by atoms with Gasteiger partial charge < -0.3 is 10.1 Å². The lowest BCUT2D eigenvalue weighted by Gasteiger charge is -2.09. The molecule has 7 nitrogen and oxygen atoms in total. The first-order chi connectivity index (χ1) is 13.1. The lowest BCUT2D eigenvalue weighted by Crippen LogP contribution is -2.26. The third-order valence-electron chi connectivity index (χ3n) is 4.31. The zero-order valence-corrected chi connectivity index (χ0v) is 15.8. The number of hydrogen-bond acceptors (Lipinski definition) is 5. The Kier molecular flexibility index (Phi) is 5.80. The molecular formula is C20H23N5O2. The minimum Gasteiger partial charge on any atom is -0.494 e. The van der Waals surface area contributed by atoms with Crippen LogP contribution in [0.25, 0.3) is 5.69 Å². The minimum atomic E-state index is -0.0891. The molecule has 7 heteroatoms. The third-order valence-corrected chi connectivity index (χ3v) is 4.31. The molecule has 0 saturated heterocycles. The van der Waals surface area contributed by atoms with E-state index in [1.54, 1.807) is 4.68 Å². The highest BCUT2D eigenvalue weighted by atomic mass is 16.5. The highest BCUT2D eigenvalue weighted by Gasteiger charge is 2.11. The van der Waals surface area contributed by atoms with Crippen LogP contribution in [0.4, 0.5) is 0 Å². The van der Waals surface area contributed by atoms with Crippen molar-refractivity contribution in [2.75, 3.05) is 6.61 Å². The molecule has 0 aliphatic rings. The summed E-state index contributed by atoms with van der Waals surface area (Å²) in [4.78, 5) is 12.2. The molecule has 0 atom stereocenters. The standard InChI is InChI=1S/C20H23N5O2/c1-4-27-18-9-6-16(7-10-18)12-20(26)21-13-19-22-23-24-25(19)17-8-5-14(2)15(3)11-17/h5-11H,4,12-13H2,1-3H3,(H,21,26). The van der Waals surface area contributed by atoms with Crippen molar-refractivity contribution >= 4 is 5.91 Å². The van der Waals surface area contributed by atoms with Crippen LogP contribution in [0.15, 0.2) is 42.5 Å². The molecule has 1 amide bonds. The Balaban J connectivity index is 1.61. The lowest BCUT2D eigenvalue weighted by atomic mass is 10.1. The van der Waals surface area contributed by atoms with Gasteiger partial charge in [-0.05, 0) is 72.2 Å². The quantitative estimate of drug-likeness (QED) is 0.696. The van der Waals surface area contributed by atoms with Gasteiger partial charge in [-0.1, -0.05) is 18.2 Å². The molecule has 140 valence electrons. The molecule has 0 spiro atoms. The Morgan fingerprint density at radius 2 is 1.89 bits per heavy atom. The molecule has 0 aliphatic carbocycles. The smallest absolute Gasteiger partial charge is 0.224 e. The zero-order valence-electron chi connectivity index (χ0n) is 15.8. The lowest BCUT2D eigenvalue weighted by molar-refractivity contribution is -0.120. The van der Waals surface area contributed by atoms with E-state index in [0.29, 0.717) is 12.4 Å². The van der Waals surface area contributed by atoms with Gasteiger partial charge in [0.1, 0.15) is 5.75 Å². The normalized spacial score (nSPS) is 10.6. The van der Waals surface area contributed by atoms with Crippen LogP contribution in [-0.4, -0.2) is 32.7 Å². The summed E-state index contributed by atoms with van der Waals surface area (Å²) in [6.45, 7) is 6.92. The molecule has 3 rings (SSSR count). The average Bonchev–Trinajstić information content (AvgIpc) is 3.13. The number of benzene rings is 2. The molecule has 3 aromatic rings. The largest absolute Gasteiger partial charge is 0.494 e. The third kappa shape index (κ3) is 4.69. The van der Waals surface area contributed by atoms with Crippen LogP contribution in [0, 0.1) is 13.8 Å². The molecule has 0 fully saturated rings. The SMILES string of the molecule is CCOc1ccc(CC(=O)NCc2nnnn2-c2ccc(C)c(C)c2)cc1. The van der Waals surface area contributed by atoms with Gasteiger partial charge in [0, 0.05) is 0 Å². The van der Waals surface area contributed by atoms with Crippen LogP contribution in [0.2, 0.25) is 0 Å². The number of tetrazole rings is 1. The summed E-state index contributed by atoms with van der Waals surface area (Å²) in [7, 11) is 0. The van der Waals surface area contributed by atoms with Crippen molar-refractivity contribution in [1.82, 2.24) is 25.5 Å². The highest BCUT2D eigenvalue weighted by molar-refractivity contribution is 5.78. The predicted molar refractivity (Wildman–Crippen MR) is 102 cm³/mol. The molecule has 27 heavy (non-hydrogen) atoms. The van der Waals surface area contributed by atoms with Crippen LogP contribution in [-0.2, 0) is 17.8 Å². The number of nitrogens with one attached hydrogen (secondary N) is 1. The summed E-state index contributed by atoms with van der Waals surface area (Å²) in [6, 6.07) is 13.5. The van der Waals surface area contributed by atoms with E-state index < -0.39 is 0 Å². The first-order valence-electron chi connectivity index (χ1n) is 8.90. The number of hydrogen-bond donors (Lipinski definition) is 1. The van der Waals surface area contributed by atoms with Gasteiger partial charge in [-0.2, -0.15) is 4.68 Å². The Labute approximate surface area is 158 Å². The van der Waals surface area contributed by atoms with E-state index in [-0.39, 0.29) is 18.9 Å². The van der Waals surface area contributed by atoms with Gasteiger partial charge in [0.15, 0.2) is 5.82 Å². The monoisotopic (exact) mass is 365 g/mol. The van der Waals surface area contributed by atoms with Gasteiger partial charge in [-0.25, -0.2) is 0 Å². The summed E-state index contributed by atoms with van der Waals surface area (Å²) < 4.78 is 7.05. The van der Waals surface area contributed by atoms with Gasteiger partial charge in [-0.3, -0.25) is 4.79 Å². The van der Waals surface area contributed by atoms with Crippen LogP contribution in [0.5, 0.6) is 5.75 Å². The minimum absolute atomic E-state index is 0.0891. The number of ether oxygens (including phenoxy) is 1. The number of aromatic nitrogens is 4. The average molecular weight is 365 g/mol. The number of carbonyl (C=O) groups is 1. The maximum atomic E-state index is 12.2. The van der Waals surface area contributed by atoms with Crippen LogP contribution in [0.1, 0.15) is 29.4 Å². The first kappa shape index (κ1) is 18.6. The van der Waals surface area contributed by atoms with Crippen LogP contribution >= 0.6 is 0 Å². The van der Waals surface area contributed by atoms with Gasteiger partial charge in [0.2, 0.25) is 5.91 Å². The second-order valence-electron chi connectivity index (χ2n) is 6.31. The van der Waals surface area contributed by atoms with Crippen molar-refractivity contribution < 1.29 is 9.53 Å². The fourth-order valence-corrected chi connectivity index (χ4v) is 2.67. The summed E-state index contributed by atoms with van der Waals surface area (Å²) in [5.41, 5.74) is 4.16. The van der Waals surface area contributed by atoms with Gasteiger partial charge in [0.05, 0.1) is 25.3 Å². The fraction of sp³-hybridized carbons (Fsp3) is 0.300. The molecule has 1 heterocycles. The van der Waals surface area contributed by atoms with Crippen LogP contribution in [0.3, 0.4) is 0 Å². The van der Waals surface area contributed by atoms with E-state index in [4.69, 9.17) is 4.74 Å². The number of carbonyl (C=O) groups excluding carboxylic acids is 1. The Morgan fingerprint density at radius 1 is 1.11 bits per heavy atom. The zero-order chi connectivity index (χ0) is 19.2. The summed E-state index contributed by atoms with van der Waals surface area (Å²) in [5.74, 6) is 1.29. The van der Waals surface area contributed by atoms with Gasteiger partial charge in [0.25, 0.3) is 0 Å². The summed E-state index contributed by atoms with van der Waals surface area (Å²) in [5, 5.41) is 14.7. The number of amides is 1. The maximum absolute atomic E-state index is 12.2. The van der Waals surface area contributed by atoms with Crippen molar-refractivity contribution in [1.29, 1.82) is 0 Å². The Hall–Kier alpha value is -3.22. The molecule has 1 N–H and O–H groups in total. The van der Waals surface area contributed by atoms with Crippen LogP contribution < -0.4 is 10.1 Å². The summed E-state index contributed by atoms with van der Waals surface area (Å²) in [6.07, 6.45) is 0.289. The maximum Gasteiger partial charge on any atom is 0.224 e. The fourth-order valence-electron chi connectivity index (χ4n) is 2.67. The Morgan fingerprint density at radius 3 is 2.59 bits per heavy atom. The van der Waals surface area contributed by atoms with Gasteiger partial charge >= 0.3 is 0 Å². The van der Waals surface area contributed by atoms with Crippen molar-refractivity contribution in [2.24, 2.45) is 0 Å². The second-order valence-corrected chi connectivity index (χ2v) is 6.31. The molecule has 1 aromatic heterocycles. The van der Waals surface area contributed by atoms with E-state index in [2.05, 4.69) is 27.8 Å². The first-order valence-corrected chi connectivity index (χ1v) is 8.90. The number of aryl methyl sites for hydroxylation is 2. The highest BCUT2D eigenvalue weighted by Crippen LogP contribution is 2.14. The Bertz CT molecular complexity index is 918. The van der Waals surface area contributed by atoms with E-state index in [9.17, 15) is 4.79 Å². The van der Waals surface area contributed by atoms with Crippen molar-refractivity contribution in [2.45, 2.75) is 33.7 Å². The van der Waals surface area contributed by atoms with Crippen molar-refractivity contribution in [3.05, 3.63) is 65.0 Å². The topological polar surface area (TPSA) is 81.9 Å². The van der Waals surface area contributed by atoms with E-state index in [1.165, 1.54) is 5.56 Å². The molecule has 0 bridgehead atoms. The van der Waals surface area contributed by atoms with E-state index in [1.807, 2.05) is 56.3 Å². The van der Waals surface area contributed by atoms with Gasteiger partial charge in [-0.15, -0.1) is 5.10 Å². The molecule has 0 unspecified atom stereocenters. The molecule has 0 aliphatic heterocycles. The molecule has 0 saturated carbocycles.